The Labute approximate surface area is 156 Å². The molecular weight excluding hydrogens is 364 g/mol. The van der Waals surface area contributed by atoms with E-state index in [-0.39, 0.29) is 5.92 Å². The number of halogens is 3. The van der Waals surface area contributed by atoms with Crippen LogP contribution in [-0.4, -0.2) is 34.0 Å². The lowest BCUT2D eigenvalue weighted by Gasteiger charge is -2.35. The zero-order valence-electron chi connectivity index (χ0n) is 14.3. The molecule has 0 aliphatic carbocycles. The maximum absolute atomic E-state index is 13.7. The molecule has 1 atom stereocenters. The molecule has 1 aliphatic heterocycles. The van der Waals surface area contributed by atoms with Crippen LogP contribution in [0.1, 0.15) is 35.7 Å². The van der Waals surface area contributed by atoms with Crippen molar-refractivity contribution in [3.63, 3.8) is 0 Å². The minimum absolute atomic E-state index is 0.00966. The first kappa shape index (κ1) is 18.7. The Morgan fingerprint density at radius 3 is 2.36 bits per heavy atom. The van der Waals surface area contributed by atoms with E-state index in [1.54, 1.807) is 36.2 Å². The molecule has 1 aromatic carbocycles. The van der Waals surface area contributed by atoms with Crippen molar-refractivity contribution in [2.75, 3.05) is 13.1 Å². The Morgan fingerprint density at radius 1 is 1.20 bits per heavy atom. The third-order valence-corrected chi connectivity index (χ3v) is 6.47. The second-order valence-electron chi connectivity index (χ2n) is 6.53. The van der Waals surface area contributed by atoms with E-state index in [4.69, 9.17) is 11.6 Å². The molecule has 2 heterocycles. The van der Waals surface area contributed by atoms with Gasteiger partial charge >= 0.3 is 0 Å². The number of hydrogen-bond donors (Lipinski definition) is 1. The Kier molecular flexibility index (Phi) is 6.02. The summed E-state index contributed by atoms with van der Waals surface area (Å²) >= 11 is 7.57. The monoisotopic (exact) mass is 385 g/mol. The summed E-state index contributed by atoms with van der Waals surface area (Å²) in [6.45, 7) is 5.58. The standard InChI is InChI=1S/C18H22ClF2N3S/c1-11-17(12(2)23-22-11)25-24-9-7-14(8-10-24)16(18(20)21)13-3-5-15(19)6-4-13/h3-6,14,16,18H,7-10H2,1-2H3,(H,22,23). The van der Waals surface area contributed by atoms with Gasteiger partial charge in [0, 0.05) is 29.7 Å². The molecule has 1 aliphatic rings. The van der Waals surface area contributed by atoms with Crippen LogP contribution in [-0.2, 0) is 0 Å². The molecule has 7 heteroatoms. The third kappa shape index (κ3) is 4.36. The molecule has 0 saturated carbocycles. The number of benzene rings is 1. The average Bonchev–Trinajstić information content (AvgIpc) is 2.90. The number of rotatable bonds is 5. The number of nitrogens with one attached hydrogen (secondary N) is 1. The molecule has 1 N–H and O–H groups in total. The smallest absolute Gasteiger partial charge is 0.245 e. The minimum atomic E-state index is -2.36. The summed E-state index contributed by atoms with van der Waals surface area (Å²) in [6, 6.07) is 6.86. The SMILES string of the molecule is Cc1n[nH]c(C)c1SN1CCC(C(c2ccc(Cl)cc2)C(F)F)CC1. The number of H-pyrrole nitrogens is 1. The average molecular weight is 386 g/mol. The van der Waals surface area contributed by atoms with Gasteiger partial charge in [-0.3, -0.25) is 5.10 Å². The molecule has 3 rings (SSSR count). The van der Waals surface area contributed by atoms with Crippen LogP contribution >= 0.6 is 23.5 Å². The maximum atomic E-state index is 13.7. The predicted molar refractivity (Wildman–Crippen MR) is 98.4 cm³/mol. The van der Waals surface area contributed by atoms with E-state index in [9.17, 15) is 8.78 Å². The van der Waals surface area contributed by atoms with Gasteiger partial charge in [-0.05, 0) is 62.3 Å². The number of nitrogens with zero attached hydrogens (tertiary/aromatic N) is 2. The fourth-order valence-corrected chi connectivity index (χ4v) is 4.58. The molecular formula is C18H22ClF2N3S. The van der Waals surface area contributed by atoms with Crippen molar-refractivity contribution in [3.05, 3.63) is 46.2 Å². The molecule has 136 valence electrons. The van der Waals surface area contributed by atoms with Crippen molar-refractivity contribution in [3.8, 4) is 0 Å². The van der Waals surface area contributed by atoms with Crippen LogP contribution in [0.4, 0.5) is 8.78 Å². The van der Waals surface area contributed by atoms with E-state index in [0.29, 0.717) is 10.6 Å². The highest BCUT2D eigenvalue weighted by atomic mass is 35.5. The quantitative estimate of drug-likeness (QED) is 0.694. The number of hydrogen-bond acceptors (Lipinski definition) is 3. The van der Waals surface area contributed by atoms with Gasteiger partial charge in [-0.2, -0.15) is 5.10 Å². The number of aromatic nitrogens is 2. The van der Waals surface area contributed by atoms with Gasteiger partial charge in [0.15, 0.2) is 0 Å². The van der Waals surface area contributed by atoms with Crippen molar-refractivity contribution in [1.82, 2.24) is 14.5 Å². The van der Waals surface area contributed by atoms with E-state index in [2.05, 4.69) is 14.5 Å². The zero-order chi connectivity index (χ0) is 18.0. The fourth-order valence-electron chi connectivity index (χ4n) is 3.44. The Bertz CT molecular complexity index is 677. The first-order valence-electron chi connectivity index (χ1n) is 8.43. The Hall–Kier alpha value is -1.11. The van der Waals surface area contributed by atoms with Crippen LogP contribution in [0.15, 0.2) is 29.2 Å². The molecule has 3 nitrogen and oxygen atoms in total. The number of alkyl halides is 2. The molecule has 1 aromatic heterocycles. The fraction of sp³-hybridized carbons (Fsp3) is 0.500. The van der Waals surface area contributed by atoms with E-state index < -0.39 is 12.3 Å². The minimum Gasteiger partial charge on any atom is -0.281 e. The summed E-state index contributed by atoms with van der Waals surface area (Å²) in [4.78, 5) is 1.14. The van der Waals surface area contributed by atoms with Crippen LogP contribution in [0.5, 0.6) is 0 Å². The van der Waals surface area contributed by atoms with Gasteiger partial charge in [0.1, 0.15) is 0 Å². The molecule has 1 saturated heterocycles. The van der Waals surface area contributed by atoms with Gasteiger partial charge < -0.3 is 0 Å². The van der Waals surface area contributed by atoms with Gasteiger partial charge in [0.25, 0.3) is 0 Å². The van der Waals surface area contributed by atoms with Crippen LogP contribution in [0.3, 0.4) is 0 Å². The Morgan fingerprint density at radius 2 is 1.84 bits per heavy atom. The van der Waals surface area contributed by atoms with Gasteiger partial charge in [-0.15, -0.1) is 0 Å². The highest BCUT2D eigenvalue weighted by molar-refractivity contribution is 7.97. The largest absolute Gasteiger partial charge is 0.281 e. The van der Waals surface area contributed by atoms with E-state index in [1.807, 2.05) is 13.8 Å². The van der Waals surface area contributed by atoms with E-state index in [0.717, 1.165) is 42.2 Å². The molecule has 25 heavy (non-hydrogen) atoms. The van der Waals surface area contributed by atoms with Gasteiger partial charge in [0.2, 0.25) is 6.43 Å². The van der Waals surface area contributed by atoms with E-state index in [1.165, 1.54) is 0 Å². The number of aryl methyl sites for hydroxylation is 2. The summed E-state index contributed by atoms with van der Waals surface area (Å²) in [7, 11) is 0. The lowest BCUT2D eigenvalue weighted by atomic mass is 9.80. The molecule has 1 unspecified atom stereocenters. The zero-order valence-corrected chi connectivity index (χ0v) is 15.9. The Balaban J connectivity index is 1.64. The summed E-state index contributed by atoms with van der Waals surface area (Å²) < 4.78 is 29.7. The van der Waals surface area contributed by atoms with Crippen molar-refractivity contribution < 1.29 is 8.78 Å². The summed E-state index contributed by atoms with van der Waals surface area (Å²) in [6.07, 6.45) is -0.829. The van der Waals surface area contributed by atoms with Crippen molar-refractivity contribution in [2.24, 2.45) is 5.92 Å². The number of aromatic amines is 1. The lowest BCUT2D eigenvalue weighted by Crippen LogP contribution is -2.33. The summed E-state index contributed by atoms with van der Waals surface area (Å²) in [5, 5.41) is 7.78. The van der Waals surface area contributed by atoms with E-state index >= 15 is 0 Å². The first-order valence-corrected chi connectivity index (χ1v) is 9.59. The van der Waals surface area contributed by atoms with Crippen LogP contribution in [0.2, 0.25) is 5.02 Å². The van der Waals surface area contributed by atoms with Crippen LogP contribution in [0, 0.1) is 19.8 Å². The normalized spacial score (nSPS) is 18.0. The lowest BCUT2D eigenvalue weighted by molar-refractivity contribution is 0.0707. The summed E-state index contributed by atoms with van der Waals surface area (Å²) in [5.41, 5.74) is 2.72. The third-order valence-electron chi connectivity index (χ3n) is 4.81. The first-order chi connectivity index (χ1) is 12.0. The van der Waals surface area contributed by atoms with Gasteiger partial charge in [-0.25, -0.2) is 13.1 Å². The van der Waals surface area contributed by atoms with Crippen molar-refractivity contribution in [1.29, 1.82) is 0 Å². The van der Waals surface area contributed by atoms with Gasteiger partial charge in [0.05, 0.1) is 10.6 Å². The highest BCUT2D eigenvalue weighted by Gasteiger charge is 2.34. The summed E-state index contributed by atoms with van der Waals surface area (Å²) in [5.74, 6) is -0.730. The second kappa shape index (κ2) is 8.06. The topological polar surface area (TPSA) is 31.9 Å². The molecule has 0 spiro atoms. The maximum Gasteiger partial charge on any atom is 0.245 e. The van der Waals surface area contributed by atoms with Crippen LogP contribution < -0.4 is 0 Å². The molecule has 0 amide bonds. The van der Waals surface area contributed by atoms with Crippen molar-refractivity contribution in [2.45, 2.75) is 43.9 Å². The molecule has 1 fully saturated rings. The van der Waals surface area contributed by atoms with Gasteiger partial charge in [-0.1, -0.05) is 23.7 Å². The van der Waals surface area contributed by atoms with Crippen LogP contribution in [0.25, 0.3) is 0 Å². The highest BCUT2D eigenvalue weighted by Crippen LogP contribution is 2.40. The van der Waals surface area contributed by atoms with Crippen molar-refractivity contribution >= 4 is 23.5 Å². The second-order valence-corrected chi connectivity index (χ2v) is 8.08. The predicted octanol–water partition coefficient (Wildman–Crippen LogP) is 5.45. The molecule has 2 aromatic rings. The molecule has 0 bridgehead atoms. The molecule has 0 radical (unpaired) electrons. The number of piperidine rings is 1.